The molecule has 0 saturated carbocycles. The Morgan fingerprint density at radius 2 is 2.22 bits per heavy atom. The number of thiophene rings is 1. The lowest BCUT2D eigenvalue weighted by Gasteiger charge is -2.28. The smallest absolute Gasteiger partial charge is 0.287 e. The van der Waals surface area contributed by atoms with E-state index in [-0.39, 0.29) is 35.9 Å². The topological polar surface area (TPSA) is 73.5 Å². The molecule has 2 unspecified atom stereocenters. The normalized spacial score (nSPS) is 17.3. The number of carbonyl (C=O) groups excluding carboxylic acids is 1. The van der Waals surface area contributed by atoms with E-state index in [1.54, 1.807) is 41.8 Å². The molecule has 1 aliphatic heterocycles. The standard InChI is InChI=1S/C20H20N2O4S/c1-13(19-15-8-11-27-17(15)7-10-25-19)21-20(24)16-6-5-14(26-16)12-22-9-3-2-4-18(22)23/h2-6,8-9,11,13,19H,7,10,12H2,1H3,(H,21,24). The molecule has 0 saturated heterocycles. The highest BCUT2D eigenvalue weighted by Gasteiger charge is 2.28. The van der Waals surface area contributed by atoms with Crippen LogP contribution in [-0.4, -0.2) is 23.1 Å². The molecule has 0 spiro atoms. The number of furan rings is 1. The molecule has 1 aliphatic rings. The van der Waals surface area contributed by atoms with E-state index in [4.69, 9.17) is 9.15 Å². The summed E-state index contributed by atoms with van der Waals surface area (Å²) in [7, 11) is 0. The first-order valence-electron chi connectivity index (χ1n) is 8.85. The lowest BCUT2D eigenvalue weighted by atomic mass is 10.0. The molecule has 4 rings (SSSR count). The third-order valence-electron chi connectivity index (χ3n) is 4.64. The molecule has 6 nitrogen and oxygen atoms in total. The maximum Gasteiger partial charge on any atom is 0.287 e. The van der Waals surface area contributed by atoms with E-state index in [0.29, 0.717) is 12.4 Å². The van der Waals surface area contributed by atoms with Gasteiger partial charge in [0, 0.05) is 23.6 Å². The minimum Gasteiger partial charge on any atom is -0.454 e. The lowest BCUT2D eigenvalue weighted by Crippen LogP contribution is -2.39. The van der Waals surface area contributed by atoms with Crippen molar-refractivity contribution in [3.8, 4) is 0 Å². The molecule has 3 aromatic heterocycles. The molecule has 7 heteroatoms. The van der Waals surface area contributed by atoms with Crippen LogP contribution < -0.4 is 10.9 Å². The van der Waals surface area contributed by atoms with Gasteiger partial charge in [0.25, 0.3) is 11.5 Å². The molecule has 1 N–H and O–H groups in total. The number of carbonyl (C=O) groups is 1. The predicted molar refractivity (Wildman–Crippen MR) is 102 cm³/mol. The van der Waals surface area contributed by atoms with Crippen LogP contribution in [0.25, 0.3) is 0 Å². The van der Waals surface area contributed by atoms with Crippen molar-refractivity contribution in [3.63, 3.8) is 0 Å². The number of hydrogen-bond acceptors (Lipinski definition) is 5. The number of pyridine rings is 1. The molecular formula is C20H20N2O4S. The quantitative estimate of drug-likeness (QED) is 0.734. The van der Waals surface area contributed by atoms with Crippen molar-refractivity contribution in [2.75, 3.05) is 6.61 Å². The van der Waals surface area contributed by atoms with Gasteiger partial charge >= 0.3 is 0 Å². The summed E-state index contributed by atoms with van der Waals surface area (Å²) in [5, 5.41) is 5.02. The second kappa shape index (κ2) is 7.54. The van der Waals surface area contributed by atoms with Gasteiger partial charge in [-0.2, -0.15) is 0 Å². The molecule has 0 fully saturated rings. The molecule has 1 amide bonds. The van der Waals surface area contributed by atoms with E-state index in [0.717, 1.165) is 12.0 Å². The third kappa shape index (κ3) is 3.74. The Bertz CT molecular complexity index is 1000. The number of aromatic nitrogens is 1. The molecule has 140 valence electrons. The SMILES string of the molecule is CC(NC(=O)c1ccc(Cn2ccccc2=O)o1)C1OCCc2sccc21. The lowest BCUT2D eigenvalue weighted by molar-refractivity contribution is 0.0202. The summed E-state index contributed by atoms with van der Waals surface area (Å²) in [6.45, 7) is 2.88. The Morgan fingerprint density at radius 3 is 3.07 bits per heavy atom. The summed E-state index contributed by atoms with van der Waals surface area (Å²) in [4.78, 5) is 25.7. The minimum atomic E-state index is -0.292. The highest BCUT2D eigenvalue weighted by molar-refractivity contribution is 7.10. The van der Waals surface area contributed by atoms with Crippen molar-refractivity contribution >= 4 is 17.2 Å². The molecule has 4 heterocycles. The van der Waals surface area contributed by atoms with E-state index in [1.165, 1.54) is 15.5 Å². The molecule has 2 atom stereocenters. The number of amides is 1. The number of ether oxygens (including phenoxy) is 1. The predicted octanol–water partition coefficient (Wildman–Crippen LogP) is 2.98. The van der Waals surface area contributed by atoms with E-state index >= 15 is 0 Å². The fourth-order valence-electron chi connectivity index (χ4n) is 3.29. The molecule has 27 heavy (non-hydrogen) atoms. The number of rotatable bonds is 5. The van der Waals surface area contributed by atoms with Crippen LogP contribution >= 0.6 is 11.3 Å². The van der Waals surface area contributed by atoms with Gasteiger partial charge in [0.05, 0.1) is 19.2 Å². The van der Waals surface area contributed by atoms with E-state index in [2.05, 4.69) is 16.8 Å². The van der Waals surface area contributed by atoms with Crippen LogP contribution in [0.1, 0.15) is 39.8 Å². The largest absolute Gasteiger partial charge is 0.454 e. The van der Waals surface area contributed by atoms with Gasteiger partial charge in [0.2, 0.25) is 0 Å². The second-order valence-corrected chi connectivity index (χ2v) is 7.54. The fourth-order valence-corrected chi connectivity index (χ4v) is 4.19. The van der Waals surface area contributed by atoms with Crippen molar-refractivity contribution < 1.29 is 13.9 Å². The van der Waals surface area contributed by atoms with Crippen LogP contribution in [0.4, 0.5) is 0 Å². The Balaban J connectivity index is 1.43. The third-order valence-corrected chi connectivity index (χ3v) is 5.63. The maximum atomic E-state index is 12.6. The first-order chi connectivity index (χ1) is 13.1. The van der Waals surface area contributed by atoms with E-state index in [1.807, 2.05) is 6.92 Å². The molecule has 0 bridgehead atoms. The Morgan fingerprint density at radius 1 is 1.33 bits per heavy atom. The zero-order valence-corrected chi connectivity index (χ0v) is 15.7. The van der Waals surface area contributed by atoms with Crippen molar-refractivity contribution in [3.05, 3.63) is 80.3 Å². The summed E-state index contributed by atoms with van der Waals surface area (Å²) in [5.74, 6) is 0.484. The first-order valence-corrected chi connectivity index (χ1v) is 9.72. The van der Waals surface area contributed by atoms with Gasteiger partial charge in [0.1, 0.15) is 11.9 Å². The summed E-state index contributed by atoms with van der Waals surface area (Å²) in [5.41, 5.74) is 1.04. The van der Waals surface area contributed by atoms with E-state index in [9.17, 15) is 9.59 Å². The molecular weight excluding hydrogens is 364 g/mol. The summed E-state index contributed by atoms with van der Waals surface area (Å²) >= 11 is 1.73. The number of hydrogen-bond donors (Lipinski definition) is 1. The van der Waals surface area contributed by atoms with Crippen LogP contribution in [0.15, 0.2) is 57.2 Å². The van der Waals surface area contributed by atoms with Crippen LogP contribution in [0, 0.1) is 0 Å². The van der Waals surface area contributed by atoms with Crippen molar-refractivity contribution in [1.82, 2.24) is 9.88 Å². The highest BCUT2D eigenvalue weighted by Crippen LogP contribution is 2.33. The molecule has 0 aromatic carbocycles. The van der Waals surface area contributed by atoms with Crippen molar-refractivity contribution in [1.29, 1.82) is 0 Å². The Kier molecular flexibility index (Phi) is 4.96. The zero-order chi connectivity index (χ0) is 18.8. The van der Waals surface area contributed by atoms with Crippen molar-refractivity contribution in [2.24, 2.45) is 0 Å². The minimum absolute atomic E-state index is 0.116. The zero-order valence-electron chi connectivity index (χ0n) is 14.9. The number of fused-ring (bicyclic) bond motifs is 1. The summed E-state index contributed by atoms with van der Waals surface area (Å²) < 4.78 is 13.0. The fraction of sp³-hybridized carbons (Fsp3) is 0.300. The Labute approximate surface area is 160 Å². The van der Waals surface area contributed by atoms with Gasteiger partial charge in [-0.05, 0) is 42.1 Å². The van der Waals surface area contributed by atoms with Gasteiger partial charge in [0.15, 0.2) is 5.76 Å². The van der Waals surface area contributed by atoms with Gasteiger partial charge in [-0.15, -0.1) is 11.3 Å². The van der Waals surface area contributed by atoms with Crippen LogP contribution in [0.2, 0.25) is 0 Å². The van der Waals surface area contributed by atoms with Crippen LogP contribution in [-0.2, 0) is 17.7 Å². The molecule has 3 aromatic rings. The highest BCUT2D eigenvalue weighted by atomic mass is 32.1. The summed E-state index contributed by atoms with van der Waals surface area (Å²) in [6, 6.07) is 10.2. The number of nitrogens with zero attached hydrogens (tertiary/aromatic N) is 1. The number of nitrogens with one attached hydrogen (secondary N) is 1. The van der Waals surface area contributed by atoms with Gasteiger partial charge in [-0.1, -0.05) is 6.07 Å². The molecule has 0 aliphatic carbocycles. The van der Waals surface area contributed by atoms with Gasteiger partial charge in [-0.25, -0.2) is 0 Å². The van der Waals surface area contributed by atoms with E-state index < -0.39 is 0 Å². The Hall–Kier alpha value is -2.64. The summed E-state index contributed by atoms with van der Waals surface area (Å²) in [6.07, 6.45) is 2.46. The average Bonchev–Trinajstić information content (AvgIpc) is 3.32. The average molecular weight is 384 g/mol. The van der Waals surface area contributed by atoms with Gasteiger partial charge < -0.3 is 19.0 Å². The van der Waals surface area contributed by atoms with Crippen molar-refractivity contribution in [2.45, 2.75) is 32.0 Å². The molecule has 0 radical (unpaired) electrons. The first kappa shape index (κ1) is 17.8. The van der Waals surface area contributed by atoms with Crippen LogP contribution in [0.3, 0.4) is 0 Å². The monoisotopic (exact) mass is 384 g/mol. The van der Waals surface area contributed by atoms with Crippen LogP contribution in [0.5, 0.6) is 0 Å². The van der Waals surface area contributed by atoms with Gasteiger partial charge in [-0.3, -0.25) is 9.59 Å². The second-order valence-electron chi connectivity index (χ2n) is 6.54. The maximum absolute atomic E-state index is 12.6.